The van der Waals surface area contributed by atoms with E-state index in [0.717, 1.165) is 0 Å². The summed E-state index contributed by atoms with van der Waals surface area (Å²) in [6, 6.07) is 0. The molecule has 0 fully saturated rings. The van der Waals surface area contributed by atoms with Gasteiger partial charge in [-0.3, -0.25) is 4.84 Å². The van der Waals surface area contributed by atoms with Gasteiger partial charge in [-0.15, -0.1) is 0 Å². The first-order valence-electron chi connectivity index (χ1n) is 3.79. The second kappa shape index (κ2) is 4.56. The van der Waals surface area contributed by atoms with Crippen molar-refractivity contribution in [2.24, 2.45) is 0 Å². The van der Waals surface area contributed by atoms with Crippen LogP contribution in [0.3, 0.4) is 0 Å². The van der Waals surface area contributed by atoms with Crippen LogP contribution in [0.25, 0.3) is 0 Å². The average Bonchev–Trinajstić information content (AvgIpc) is 2.08. The highest BCUT2D eigenvalue weighted by Gasteiger charge is 2.17. The van der Waals surface area contributed by atoms with Crippen molar-refractivity contribution in [1.82, 2.24) is 5.06 Å². The molecule has 0 saturated heterocycles. The minimum atomic E-state index is 0.0222. The van der Waals surface area contributed by atoms with Gasteiger partial charge < -0.3 is 0 Å². The third-order valence-corrected chi connectivity index (χ3v) is 2.85. The number of hydrogen-bond acceptors (Lipinski definition) is 2. The van der Waals surface area contributed by atoms with E-state index in [4.69, 9.17) is 39.6 Å². The van der Waals surface area contributed by atoms with Crippen LogP contribution in [-0.4, -0.2) is 18.2 Å². The summed E-state index contributed by atoms with van der Waals surface area (Å²) in [6.45, 7) is 5.18. The Morgan fingerprint density at radius 3 is 2.31 bits per heavy atom. The number of halogens is 3. The van der Waals surface area contributed by atoms with Crippen molar-refractivity contribution in [1.29, 1.82) is 0 Å². The number of hydroxylamine groups is 2. The van der Waals surface area contributed by atoms with Crippen molar-refractivity contribution in [2.45, 2.75) is 13.8 Å². The molecule has 2 nitrogen and oxygen atoms in total. The molecule has 1 aliphatic heterocycles. The van der Waals surface area contributed by atoms with Crippen molar-refractivity contribution in [3.05, 3.63) is 20.8 Å². The van der Waals surface area contributed by atoms with Gasteiger partial charge >= 0.3 is 0 Å². The molecule has 0 saturated carbocycles. The van der Waals surface area contributed by atoms with Gasteiger partial charge in [0.1, 0.15) is 4.49 Å². The molecule has 5 heteroatoms. The highest BCUT2D eigenvalue weighted by atomic mass is 35.5. The van der Waals surface area contributed by atoms with E-state index < -0.39 is 0 Å². The molecule has 0 bridgehead atoms. The first kappa shape index (κ1) is 11.2. The highest BCUT2D eigenvalue weighted by molar-refractivity contribution is 6.59. The molecule has 0 amide bonds. The van der Waals surface area contributed by atoms with Crippen LogP contribution in [0, 0.1) is 0 Å². The van der Waals surface area contributed by atoms with Crippen LogP contribution in [0.5, 0.6) is 0 Å². The molecule has 0 aliphatic carbocycles. The number of rotatable bonds is 1. The topological polar surface area (TPSA) is 12.5 Å². The van der Waals surface area contributed by atoms with E-state index in [1.807, 2.05) is 13.8 Å². The molecule has 0 radical (unpaired) electrons. The second-order valence-electron chi connectivity index (χ2n) is 2.92. The maximum atomic E-state index is 5.80. The minimum absolute atomic E-state index is 0.0222. The minimum Gasteiger partial charge on any atom is -0.268 e. The average molecular weight is 243 g/mol. The summed E-state index contributed by atoms with van der Waals surface area (Å²) >= 11 is 16.8. The Labute approximate surface area is 92.6 Å². The Hall–Kier alpha value is 0.110. The summed E-state index contributed by atoms with van der Waals surface area (Å²) in [5.41, 5.74) is 2.44. The summed E-state index contributed by atoms with van der Waals surface area (Å²) in [4.78, 5) is 5.30. The molecule has 74 valence electrons. The van der Waals surface area contributed by atoms with E-state index in [9.17, 15) is 0 Å². The van der Waals surface area contributed by atoms with E-state index in [0.29, 0.717) is 13.2 Å². The van der Waals surface area contributed by atoms with Crippen LogP contribution in [0.1, 0.15) is 13.8 Å². The van der Waals surface area contributed by atoms with Gasteiger partial charge in [0.25, 0.3) is 0 Å². The van der Waals surface area contributed by atoms with Gasteiger partial charge in [-0.1, -0.05) is 40.4 Å². The molecule has 0 atom stereocenters. The molecule has 1 rings (SSSR count). The van der Waals surface area contributed by atoms with Crippen molar-refractivity contribution >= 4 is 34.8 Å². The maximum absolute atomic E-state index is 5.80. The third kappa shape index (κ3) is 2.78. The molecule has 0 spiro atoms. The summed E-state index contributed by atoms with van der Waals surface area (Å²) < 4.78 is 0.0222. The summed E-state index contributed by atoms with van der Waals surface area (Å²) in [5.74, 6) is 0. The third-order valence-electron chi connectivity index (χ3n) is 1.92. The quantitative estimate of drug-likeness (QED) is 0.516. The molecule has 1 aliphatic rings. The highest BCUT2D eigenvalue weighted by Crippen LogP contribution is 2.26. The van der Waals surface area contributed by atoms with Gasteiger partial charge in [-0.05, 0) is 19.4 Å². The predicted octanol–water partition coefficient (Wildman–Crippen LogP) is 3.41. The van der Waals surface area contributed by atoms with Crippen LogP contribution in [0.2, 0.25) is 0 Å². The number of nitrogens with zero attached hydrogens (tertiary/aromatic N) is 1. The lowest BCUT2D eigenvalue weighted by molar-refractivity contribution is -0.117. The zero-order valence-electron chi connectivity index (χ0n) is 7.40. The zero-order chi connectivity index (χ0) is 10.0. The molecule has 0 aromatic carbocycles. The Balaban J connectivity index is 2.75. The lowest BCUT2D eigenvalue weighted by Crippen LogP contribution is -2.29. The van der Waals surface area contributed by atoms with Crippen molar-refractivity contribution in [3.8, 4) is 0 Å². The van der Waals surface area contributed by atoms with Crippen molar-refractivity contribution < 1.29 is 4.84 Å². The largest absolute Gasteiger partial charge is 0.268 e. The first-order chi connectivity index (χ1) is 6.02. The molecular formula is C8H10Cl3NO. The predicted molar refractivity (Wildman–Crippen MR) is 55.6 cm³/mol. The van der Waals surface area contributed by atoms with Crippen LogP contribution >= 0.6 is 34.8 Å². The Morgan fingerprint density at radius 1 is 1.23 bits per heavy atom. The Morgan fingerprint density at radius 2 is 1.85 bits per heavy atom. The number of hydrogen-bond donors (Lipinski definition) is 0. The van der Waals surface area contributed by atoms with Crippen molar-refractivity contribution in [2.75, 3.05) is 13.2 Å². The van der Waals surface area contributed by atoms with Gasteiger partial charge in [0.05, 0.1) is 13.2 Å². The molecule has 1 heterocycles. The monoisotopic (exact) mass is 241 g/mol. The summed E-state index contributed by atoms with van der Waals surface area (Å²) in [6.07, 6.45) is 0. The molecule has 13 heavy (non-hydrogen) atoms. The van der Waals surface area contributed by atoms with Crippen LogP contribution in [0.4, 0.5) is 0 Å². The maximum Gasteiger partial charge on any atom is 0.160 e. The molecular weight excluding hydrogens is 232 g/mol. The second-order valence-corrected chi connectivity index (χ2v) is 4.23. The first-order valence-corrected chi connectivity index (χ1v) is 4.92. The van der Waals surface area contributed by atoms with Crippen molar-refractivity contribution in [3.63, 3.8) is 0 Å². The van der Waals surface area contributed by atoms with Crippen LogP contribution in [0.15, 0.2) is 20.8 Å². The van der Waals surface area contributed by atoms with Gasteiger partial charge in [0.15, 0.2) is 5.16 Å². The van der Waals surface area contributed by atoms with E-state index in [1.165, 1.54) is 16.2 Å². The summed E-state index contributed by atoms with van der Waals surface area (Å²) in [7, 11) is 0. The van der Waals surface area contributed by atoms with E-state index >= 15 is 0 Å². The summed E-state index contributed by atoms with van der Waals surface area (Å²) in [5, 5.41) is 1.72. The molecule has 0 aromatic rings. The fourth-order valence-corrected chi connectivity index (χ4v) is 1.21. The smallest absolute Gasteiger partial charge is 0.160 e. The lowest BCUT2D eigenvalue weighted by Gasteiger charge is -2.28. The SMILES string of the molecule is CC1=C(C)CN(C(Cl)=C(Cl)Cl)OC1. The van der Waals surface area contributed by atoms with Crippen LogP contribution in [-0.2, 0) is 4.84 Å². The van der Waals surface area contributed by atoms with Gasteiger partial charge in [0, 0.05) is 0 Å². The van der Waals surface area contributed by atoms with Crippen LogP contribution < -0.4 is 0 Å². The van der Waals surface area contributed by atoms with E-state index in [-0.39, 0.29) is 9.65 Å². The lowest BCUT2D eigenvalue weighted by atomic mass is 10.1. The zero-order valence-corrected chi connectivity index (χ0v) is 9.67. The van der Waals surface area contributed by atoms with Gasteiger partial charge in [-0.25, -0.2) is 5.06 Å². The fraction of sp³-hybridized carbons (Fsp3) is 0.500. The Bertz CT molecular complexity index is 269. The standard InChI is InChI=1S/C8H10Cl3NO/c1-5-3-12(8(11)7(9)10)13-4-6(5)2/h3-4H2,1-2H3. The van der Waals surface area contributed by atoms with E-state index in [1.54, 1.807) is 0 Å². The van der Waals surface area contributed by atoms with Gasteiger partial charge in [0.2, 0.25) is 0 Å². The molecule has 0 N–H and O–H groups in total. The molecule has 0 unspecified atom stereocenters. The van der Waals surface area contributed by atoms with Gasteiger partial charge in [-0.2, -0.15) is 0 Å². The fourth-order valence-electron chi connectivity index (χ4n) is 0.914. The Kier molecular flexibility index (Phi) is 3.92. The molecule has 0 aromatic heterocycles. The van der Waals surface area contributed by atoms with E-state index in [2.05, 4.69) is 0 Å². The normalized spacial score (nSPS) is 17.8.